The van der Waals surface area contributed by atoms with Crippen LogP contribution in [0.15, 0.2) is 45.8 Å². The Morgan fingerprint density at radius 1 is 1.22 bits per heavy atom. The smallest absolute Gasteiger partial charge is 0.337 e. The molecule has 0 saturated carbocycles. The minimum atomic E-state index is -4.01. The molecular formula is C15H13BrFNO4S. The molecular weight excluding hydrogens is 389 g/mol. The highest BCUT2D eigenvalue weighted by molar-refractivity contribution is 9.10. The van der Waals surface area contributed by atoms with Crippen LogP contribution in [0.3, 0.4) is 0 Å². The van der Waals surface area contributed by atoms with Gasteiger partial charge in [0.2, 0.25) is 0 Å². The van der Waals surface area contributed by atoms with Crippen LogP contribution < -0.4 is 4.31 Å². The maximum Gasteiger partial charge on any atom is 0.337 e. The molecule has 0 spiro atoms. The van der Waals surface area contributed by atoms with Crippen molar-refractivity contribution in [3.05, 3.63) is 57.8 Å². The second-order valence-electron chi connectivity index (χ2n) is 4.85. The Balaban J connectivity index is 2.62. The summed E-state index contributed by atoms with van der Waals surface area (Å²) in [5.74, 6) is -1.80. The Labute approximate surface area is 141 Å². The number of carboxylic acid groups (broad SMARTS) is 1. The quantitative estimate of drug-likeness (QED) is 0.851. The van der Waals surface area contributed by atoms with Crippen molar-refractivity contribution >= 4 is 37.6 Å². The molecule has 0 atom stereocenters. The van der Waals surface area contributed by atoms with Crippen molar-refractivity contribution in [2.24, 2.45) is 0 Å². The second-order valence-corrected chi connectivity index (χ2v) is 7.74. The summed E-state index contributed by atoms with van der Waals surface area (Å²) in [6, 6.07) is 7.30. The Bertz CT molecular complexity index is 866. The van der Waals surface area contributed by atoms with Gasteiger partial charge in [0.25, 0.3) is 10.0 Å². The highest BCUT2D eigenvalue weighted by Gasteiger charge is 2.27. The molecule has 2 rings (SSSR count). The zero-order valence-electron chi connectivity index (χ0n) is 12.2. The number of rotatable bonds is 4. The summed E-state index contributed by atoms with van der Waals surface area (Å²) in [7, 11) is -2.75. The van der Waals surface area contributed by atoms with Crippen molar-refractivity contribution < 1.29 is 22.7 Å². The van der Waals surface area contributed by atoms with Crippen molar-refractivity contribution in [2.45, 2.75) is 11.8 Å². The number of anilines is 1. The lowest BCUT2D eigenvalue weighted by Gasteiger charge is -2.23. The van der Waals surface area contributed by atoms with E-state index in [0.717, 1.165) is 28.6 Å². The Morgan fingerprint density at radius 2 is 1.78 bits per heavy atom. The van der Waals surface area contributed by atoms with Crippen molar-refractivity contribution in [2.75, 3.05) is 11.4 Å². The third kappa shape index (κ3) is 3.37. The maximum atomic E-state index is 13.0. The normalized spacial score (nSPS) is 11.3. The molecule has 0 aromatic heterocycles. The standard InChI is InChI=1S/C15H13BrFNO4S/c1-9-7-10(16)8-13(15(19)20)14(9)18(2)23(21,22)12-5-3-11(17)4-6-12/h3-8H,1-2H3,(H,19,20). The Hall–Kier alpha value is -1.93. The second kappa shape index (κ2) is 6.29. The molecule has 0 aliphatic carbocycles. The number of benzene rings is 2. The molecule has 0 heterocycles. The monoisotopic (exact) mass is 401 g/mol. The van der Waals surface area contributed by atoms with Gasteiger partial charge in [-0.15, -0.1) is 0 Å². The van der Waals surface area contributed by atoms with Gasteiger partial charge >= 0.3 is 5.97 Å². The summed E-state index contributed by atoms with van der Waals surface area (Å²) in [6.45, 7) is 1.61. The fourth-order valence-electron chi connectivity index (χ4n) is 2.20. The van der Waals surface area contributed by atoms with E-state index in [4.69, 9.17) is 0 Å². The van der Waals surface area contributed by atoms with Gasteiger partial charge in [-0.25, -0.2) is 17.6 Å². The van der Waals surface area contributed by atoms with E-state index >= 15 is 0 Å². The SMILES string of the molecule is Cc1cc(Br)cc(C(=O)O)c1N(C)S(=O)(=O)c1ccc(F)cc1. The minimum Gasteiger partial charge on any atom is -0.478 e. The van der Waals surface area contributed by atoms with Gasteiger partial charge in [0.15, 0.2) is 0 Å². The molecule has 0 amide bonds. The molecule has 5 nitrogen and oxygen atoms in total. The molecule has 0 unspecified atom stereocenters. The molecule has 8 heteroatoms. The van der Waals surface area contributed by atoms with Crippen LogP contribution in [0.2, 0.25) is 0 Å². The molecule has 0 aliphatic rings. The van der Waals surface area contributed by atoms with Crippen molar-refractivity contribution in [1.29, 1.82) is 0 Å². The van der Waals surface area contributed by atoms with Crippen LogP contribution in [0.25, 0.3) is 0 Å². The first-order valence-corrected chi connectivity index (χ1v) is 8.66. The summed E-state index contributed by atoms with van der Waals surface area (Å²) in [4.78, 5) is 11.3. The highest BCUT2D eigenvalue weighted by Crippen LogP contribution is 2.32. The summed E-state index contributed by atoms with van der Waals surface area (Å²) < 4.78 is 39.7. The van der Waals surface area contributed by atoms with E-state index in [2.05, 4.69) is 15.9 Å². The zero-order chi connectivity index (χ0) is 17.4. The lowest BCUT2D eigenvalue weighted by atomic mass is 10.1. The first kappa shape index (κ1) is 17.4. The average molecular weight is 402 g/mol. The van der Waals surface area contributed by atoms with Crippen LogP contribution >= 0.6 is 15.9 Å². The van der Waals surface area contributed by atoms with E-state index in [0.29, 0.717) is 10.0 Å². The van der Waals surface area contributed by atoms with E-state index in [9.17, 15) is 22.7 Å². The zero-order valence-corrected chi connectivity index (χ0v) is 14.6. The van der Waals surface area contributed by atoms with Gasteiger partial charge in [-0.2, -0.15) is 0 Å². The third-order valence-corrected chi connectivity index (χ3v) is 5.51. The summed E-state index contributed by atoms with van der Waals surface area (Å²) in [5, 5.41) is 9.34. The Kier molecular flexibility index (Phi) is 4.76. The number of aromatic carboxylic acids is 1. The number of nitrogens with zero attached hydrogens (tertiary/aromatic N) is 1. The molecule has 122 valence electrons. The van der Waals surface area contributed by atoms with Crippen molar-refractivity contribution in [3.63, 3.8) is 0 Å². The average Bonchev–Trinajstić information content (AvgIpc) is 2.46. The molecule has 0 bridgehead atoms. The summed E-state index contributed by atoms with van der Waals surface area (Å²) in [5.41, 5.74) is 0.389. The lowest BCUT2D eigenvalue weighted by Crippen LogP contribution is -2.29. The van der Waals surface area contributed by atoms with Gasteiger partial charge in [-0.3, -0.25) is 4.31 Å². The third-order valence-electron chi connectivity index (χ3n) is 3.28. The van der Waals surface area contributed by atoms with Crippen LogP contribution in [0.5, 0.6) is 0 Å². The largest absolute Gasteiger partial charge is 0.478 e. The number of carbonyl (C=O) groups is 1. The van der Waals surface area contributed by atoms with Crippen LogP contribution in [0, 0.1) is 12.7 Å². The van der Waals surface area contributed by atoms with Gasteiger partial charge < -0.3 is 5.11 Å². The maximum absolute atomic E-state index is 13.0. The van der Waals surface area contributed by atoms with Crippen molar-refractivity contribution in [1.82, 2.24) is 0 Å². The van der Waals surface area contributed by atoms with Gasteiger partial charge in [0.1, 0.15) is 5.82 Å². The number of carboxylic acids is 1. The Morgan fingerprint density at radius 3 is 2.30 bits per heavy atom. The predicted molar refractivity (Wildman–Crippen MR) is 87.8 cm³/mol. The molecule has 1 N–H and O–H groups in total. The summed E-state index contributed by atoms with van der Waals surface area (Å²) >= 11 is 3.19. The lowest BCUT2D eigenvalue weighted by molar-refractivity contribution is 0.0697. The van der Waals surface area contributed by atoms with Crippen LogP contribution in [-0.2, 0) is 10.0 Å². The molecule has 0 fully saturated rings. The molecule has 23 heavy (non-hydrogen) atoms. The van der Waals surface area contributed by atoms with E-state index in [1.54, 1.807) is 13.0 Å². The van der Waals surface area contributed by atoms with E-state index < -0.39 is 21.8 Å². The van der Waals surface area contributed by atoms with Crippen molar-refractivity contribution in [3.8, 4) is 0 Å². The number of halogens is 2. The molecule has 0 radical (unpaired) electrons. The fraction of sp³-hybridized carbons (Fsp3) is 0.133. The highest BCUT2D eigenvalue weighted by atomic mass is 79.9. The molecule has 2 aromatic carbocycles. The first-order chi connectivity index (χ1) is 10.6. The fourth-order valence-corrected chi connectivity index (χ4v) is 4.05. The van der Waals surface area contributed by atoms with E-state index in [1.807, 2.05) is 0 Å². The van der Waals surface area contributed by atoms with Gasteiger partial charge in [0.05, 0.1) is 16.1 Å². The van der Waals surface area contributed by atoms with E-state index in [1.165, 1.54) is 13.1 Å². The molecule has 0 saturated heterocycles. The van der Waals surface area contributed by atoms with Crippen LogP contribution in [-0.4, -0.2) is 26.5 Å². The minimum absolute atomic E-state index is 0.0602. The number of hydrogen-bond donors (Lipinski definition) is 1. The number of sulfonamides is 1. The first-order valence-electron chi connectivity index (χ1n) is 6.42. The van der Waals surface area contributed by atoms with Gasteiger partial charge in [0, 0.05) is 11.5 Å². The number of aryl methyl sites for hydroxylation is 1. The van der Waals surface area contributed by atoms with Gasteiger partial charge in [-0.1, -0.05) is 15.9 Å². The topological polar surface area (TPSA) is 74.7 Å². The van der Waals surface area contributed by atoms with E-state index in [-0.39, 0.29) is 16.1 Å². The van der Waals surface area contributed by atoms with Crippen LogP contribution in [0.1, 0.15) is 15.9 Å². The molecule has 2 aromatic rings. The predicted octanol–water partition coefficient (Wildman–Crippen LogP) is 3.42. The molecule has 0 aliphatic heterocycles. The van der Waals surface area contributed by atoms with Crippen LogP contribution in [0.4, 0.5) is 10.1 Å². The summed E-state index contributed by atoms with van der Waals surface area (Å²) in [6.07, 6.45) is 0. The van der Waals surface area contributed by atoms with Gasteiger partial charge in [-0.05, 0) is 48.9 Å². The number of hydrogen-bond acceptors (Lipinski definition) is 3.